The van der Waals surface area contributed by atoms with Crippen LogP contribution in [0.4, 0.5) is 11.4 Å². The number of nitrogens with zero attached hydrogens (tertiary/aromatic N) is 3. The highest BCUT2D eigenvalue weighted by molar-refractivity contribution is 7.73. The fraction of sp³-hybridized carbons (Fsp3) is 0.323. The molecule has 0 spiro atoms. The van der Waals surface area contributed by atoms with Gasteiger partial charge in [0.1, 0.15) is 10.9 Å². The van der Waals surface area contributed by atoms with Gasteiger partial charge in [-0.05, 0) is 55.2 Å². The lowest BCUT2D eigenvalue weighted by Gasteiger charge is -2.32. The van der Waals surface area contributed by atoms with Gasteiger partial charge in [0.15, 0.2) is 0 Å². The number of hydrogen-bond acceptors (Lipinski definition) is 8. The predicted molar refractivity (Wildman–Crippen MR) is 165 cm³/mol. The van der Waals surface area contributed by atoms with E-state index in [0.29, 0.717) is 37.6 Å². The van der Waals surface area contributed by atoms with E-state index >= 15 is 0 Å². The van der Waals surface area contributed by atoms with Crippen molar-refractivity contribution in [3.05, 3.63) is 95.4 Å². The van der Waals surface area contributed by atoms with Gasteiger partial charge in [-0.15, -0.1) is 0 Å². The number of anilines is 2. The first-order valence-corrected chi connectivity index (χ1v) is 14.9. The molecule has 0 bridgehead atoms. The lowest BCUT2D eigenvalue weighted by molar-refractivity contribution is -0.126. The van der Waals surface area contributed by atoms with Gasteiger partial charge in [0.2, 0.25) is 10.3 Å². The highest BCUT2D eigenvalue weighted by Crippen LogP contribution is 2.25. The number of aryl methyl sites for hydroxylation is 2. The molecule has 2 aromatic rings. The maximum absolute atomic E-state index is 13.1. The molecule has 3 N–H and O–H groups in total. The van der Waals surface area contributed by atoms with Crippen molar-refractivity contribution in [2.24, 2.45) is 5.10 Å². The Hall–Kier alpha value is -4.15. The topological polar surface area (TPSA) is 117 Å². The van der Waals surface area contributed by atoms with Crippen molar-refractivity contribution in [3.8, 4) is 0 Å². The lowest BCUT2D eigenvalue weighted by atomic mass is 10.0. The van der Waals surface area contributed by atoms with E-state index in [2.05, 4.69) is 35.2 Å². The Morgan fingerprint density at radius 1 is 1.05 bits per heavy atom. The summed E-state index contributed by atoms with van der Waals surface area (Å²) in [6, 6.07) is 15.0. The minimum Gasteiger partial charge on any atom is -0.399 e. The first kappa shape index (κ1) is 29.8. The number of amides is 1. The largest absolute Gasteiger partial charge is 0.399 e. The molecule has 2 aliphatic heterocycles. The molecule has 2 heterocycles. The molecule has 1 amide bonds. The lowest BCUT2D eigenvalue weighted by Crippen LogP contribution is -2.42. The molecule has 0 aromatic heterocycles. The summed E-state index contributed by atoms with van der Waals surface area (Å²) in [7, 11) is -2.50. The number of morpholine rings is 1. The molecule has 10 heteroatoms. The van der Waals surface area contributed by atoms with E-state index in [1.165, 1.54) is 10.6 Å². The fourth-order valence-electron chi connectivity index (χ4n) is 4.80. The van der Waals surface area contributed by atoms with Gasteiger partial charge < -0.3 is 20.7 Å². The number of nitrogens with one attached hydrogen (secondary N) is 1. The molecule has 5 rings (SSSR count). The number of nitrogen functional groups attached to an aromatic ring is 1. The maximum atomic E-state index is 13.1. The molecular formula is C31H37N5O4S. The molecular weight excluding hydrogens is 538 g/mol. The Labute approximate surface area is 243 Å². The van der Waals surface area contributed by atoms with Crippen LogP contribution < -0.4 is 11.1 Å². The van der Waals surface area contributed by atoms with Crippen molar-refractivity contribution in [2.75, 3.05) is 37.4 Å². The van der Waals surface area contributed by atoms with Crippen molar-refractivity contribution in [3.63, 3.8) is 0 Å². The van der Waals surface area contributed by atoms with E-state index in [9.17, 15) is 13.2 Å². The molecule has 2 aromatic carbocycles. The van der Waals surface area contributed by atoms with Crippen LogP contribution in [0.2, 0.25) is 0 Å². The van der Waals surface area contributed by atoms with Crippen LogP contribution in [0.25, 0.3) is 0 Å². The van der Waals surface area contributed by atoms with Crippen molar-refractivity contribution >= 4 is 38.2 Å². The van der Waals surface area contributed by atoms with Crippen molar-refractivity contribution in [1.82, 2.24) is 9.91 Å². The van der Waals surface area contributed by atoms with E-state index in [1.54, 1.807) is 25.3 Å². The number of ether oxygens (including phenoxy) is 1. The smallest absolute Gasteiger partial charge is 0.278 e. The number of hydrazone groups is 1. The third kappa shape index (κ3) is 7.14. The molecule has 216 valence electrons. The second-order valence-electron chi connectivity index (χ2n) is 9.71. The third-order valence-corrected chi connectivity index (χ3v) is 7.90. The van der Waals surface area contributed by atoms with Crippen LogP contribution in [0.15, 0.2) is 89.3 Å². The van der Waals surface area contributed by atoms with Crippen molar-refractivity contribution < 1.29 is 17.9 Å². The maximum Gasteiger partial charge on any atom is 0.278 e. The molecule has 0 saturated carbocycles. The van der Waals surface area contributed by atoms with E-state index in [-0.39, 0.29) is 10.8 Å². The summed E-state index contributed by atoms with van der Waals surface area (Å²) in [5.41, 5.74) is 11.6. The Bertz CT molecular complexity index is 1530. The zero-order chi connectivity index (χ0) is 29.4. The van der Waals surface area contributed by atoms with Crippen LogP contribution in [-0.2, 0) is 32.7 Å². The van der Waals surface area contributed by atoms with Gasteiger partial charge in [-0.1, -0.05) is 56.3 Å². The minimum atomic E-state index is -2.50. The molecule has 1 aliphatic carbocycles. The van der Waals surface area contributed by atoms with Crippen LogP contribution in [-0.4, -0.2) is 67.2 Å². The van der Waals surface area contributed by atoms with Gasteiger partial charge in [-0.25, -0.2) is 5.01 Å². The number of hydrogen-bond donors (Lipinski definition) is 2. The molecule has 1 unspecified atom stereocenters. The fourth-order valence-corrected chi connectivity index (χ4v) is 5.39. The number of allylic oxidation sites excluding steroid dienone is 1. The van der Waals surface area contributed by atoms with Gasteiger partial charge >= 0.3 is 0 Å². The minimum absolute atomic E-state index is 0.115. The van der Waals surface area contributed by atoms with Crippen LogP contribution >= 0.6 is 0 Å². The summed E-state index contributed by atoms with van der Waals surface area (Å²) in [5, 5.41) is 8.83. The zero-order valence-electron chi connectivity index (χ0n) is 23.7. The summed E-state index contributed by atoms with van der Waals surface area (Å²) in [5.74, 6) is -0.343. The molecule has 0 radical (unpaired) electrons. The van der Waals surface area contributed by atoms with Gasteiger partial charge in [0.25, 0.3) is 5.91 Å². The molecule has 1 fully saturated rings. The number of carbonyl (C=O) groups is 1. The highest BCUT2D eigenvalue weighted by atomic mass is 32.2. The molecule has 1 saturated heterocycles. The highest BCUT2D eigenvalue weighted by Gasteiger charge is 2.36. The predicted octanol–water partition coefficient (Wildman–Crippen LogP) is 3.80. The Morgan fingerprint density at radius 3 is 2.34 bits per heavy atom. The average molecular weight is 576 g/mol. The normalized spacial score (nSPS) is 19.5. The van der Waals surface area contributed by atoms with E-state index in [4.69, 9.17) is 10.5 Å². The quantitative estimate of drug-likeness (QED) is 0.306. The summed E-state index contributed by atoms with van der Waals surface area (Å²) in [4.78, 5) is 15.3. The number of para-hydroxylation sites is 2. The SMILES string of the molecule is CCc1ccccc1N.CCc1ccccc1NC=C1C(=O)N(C2C=CC(N3CCOCC3)=CC2=S(=O)=O)N=C1C. The van der Waals surface area contributed by atoms with E-state index in [0.717, 1.165) is 35.5 Å². The van der Waals surface area contributed by atoms with Gasteiger partial charge in [-0.2, -0.15) is 13.5 Å². The van der Waals surface area contributed by atoms with E-state index < -0.39 is 16.3 Å². The molecule has 41 heavy (non-hydrogen) atoms. The zero-order valence-corrected chi connectivity index (χ0v) is 24.5. The third-order valence-electron chi connectivity index (χ3n) is 7.16. The van der Waals surface area contributed by atoms with Crippen LogP contribution in [0.5, 0.6) is 0 Å². The number of carbonyl (C=O) groups excluding carboxylic acids is 1. The van der Waals surface area contributed by atoms with Crippen LogP contribution in [0, 0.1) is 0 Å². The number of nitrogens with two attached hydrogens (primary N) is 1. The number of benzene rings is 2. The van der Waals surface area contributed by atoms with E-state index in [1.807, 2.05) is 48.5 Å². The van der Waals surface area contributed by atoms with Crippen LogP contribution in [0.3, 0.4) is 0 Å². The molecule has 3 aliphatic rings. The Kier molecular flexibility index (Phi) is 10.2. The van der Waals surface area contributed by atoms with Crippen molar-refractivity contribution in [1.29, 1.82) is 0 Å². The van der Waals surface area contributed by atoms with Crippen molar-refractivity contribution in [2.45, 2.75) is 39.7 Å². The van der Waals surface area contributed by atoms with Gasteiger partial charge in [0, 0.05) is 36.4 Å². The van der Waals surface area contributed by atoms with Gasteiger partial charge in [0.05, 0.1) is 24.5 Å². The summed E-state index contributed by atoms with van der Waals surface area (Å²) in [6.45, 7) is 8.49. The molecule has 1 atom stereocenters. The Balaban J connectivity index is 0.000000367. The Morgan fingerprint density at radius 2 is 1.71 bits per heavy atom. The first-order valence-electron chi connectivity index (χ1n) is 13.8. The second-order valence-corrected chi connectivity index (χ2v) is 10.7. The monoisotopic (exact) mass is 575 g/mol. The average Bonchev–Trinajstić information content (AvgIpc) is 3.29. The summed E-state index contributed by atoms with van der Waals surface area (Å²) in [6.07, 6.45) is 8.71. The number of rotatable bonds is 6. The van der Waals surface area contributed by atoms with Gasteiger partial charge in [-0.3, -0.25) is 4.79 Å². The summed E-state index contributed by atoms with van der Waals surface area (Å²) < 4.78 is 29.4. The molecule has 9 nitrogen and oxygen atoms in total. The van der Waals surface area contributed by atoms with Crippen LogP contribution in [0.1, 0.15) is 31.9 Å². The standard InChI is InChI=1S/C23H26N4O4S.C8H11N/c1-3-17-6-4-5-7-20(17)24-15-19-16(2)25-27(23(19)28)21-9-8-18(14-22(21)32(29)30)26-10-12-31-13-11-26;1-2-7-5-3-4-6-8(7)9/h4-9,14-15,21,24H,3,10-13H2,1-2H3;3-6H,2,9H2,1H3. The first-order chi connectivity index (χ1) is 19.8. The second kappa shape index (κ2) is 14.0. The summed E-state index contributed by atoms with van der Waals surface area (Å²) >= 11 is 0.